The number of carbonyl (C=O) groups excluding carboxylic acids is 1. The summed E-state index contributed by atoms with van der Waals surface area (Å²) in [5.41, 5.74) is 5.22. The maximum atomic E-state index is 13.1. The van der Waals surface area contributed by atoms with Gasteiger partial charge in [0.1, 0.15) is 11.6 Å². The maximum Gasteiger partial charge on any atom is 0.257 e. The van der Waals surface area contributed by atoms with Crippen LogP contribution in [0.3, 0.4) is 0 Å². The lowest BCUT2D eigenvalue weighted by molar-refractivity contribution is 0.0793. The third kappa shape index (κ3) is 4.01. The van der Waals surface area contributed by atoms with Crippen molar-refractivity contribution in [3.05, 3.63) is 39.9 Å². The van der Waals surface area contributed by atoms with Gasteiger partial charge in [0.2, 0.25) is 0 Å². The van der Waals surface area contributed by atoms with Crippen LogP contribution in [-0.2, 0) is 19.4 Å². The number of hydrogen-bond donors (Lipinski definition) is 0. The van der Waals surface area contributed by atoms with Crippen LogP contribution >= 0.6 is 0 Å². The number of carbonyl (C=O) groups is 1. The highest BCUT2D eigenvalue weighted by atomic mass is 16.5. The molecule has 0 N–H and O–H groups in total. The topological polar surface area (TPSA) is 65.7 Å². The van der Waals surface area contributed by atoms with Crippen LogP contribution in [-0.4, -0.2) is 66.1 Å². The SMILES string of the molecule is Cc1noc(C)c1CN1CCc2cc(C(=O)N3CCCC3)c(N(C)C)nc2CC1. The number of aromatic nitrogens is 2. The summed E-state index contributed by atoms with van der Waals surface area (Å²) < 4.78 is 5.33. The van der Waals surface area contributed by atoms with Crippen LogP contribution in [0, 0.1) is 13.8 Å². The van der Waals surface area contributed by atoms with Gasteiger partial charge in [0.15, 0.2) is 0 Å². The van der Waals surface area contributed by atoms with Crippen molar-refractivity contribution in [2.24, 2.45) is 0 Å². The van der Waals surface area contributed by atoms with E-state index in [0.717, 1.165) is 86.9 Å². The van der Waals surface area contributed by atoms with Gasteiger partial charge in [0.05, 0.1) is 11.3 Å². The van der Waals surface area contributed by atoms with E-state index in [9.17, 15) is 4.79 Å². The summed E-state index contributed by atoms with van der Waals surface area (Å²) in [5.74, 6) is 1.81. The molecule has 0 spiro atoms. The molecule has 2 aromatic heterocycles. The number of nitrogens with zero attached hydrogens (tertiary/aromatic N) is 5. The van der Waals surface area contributed by atoms with Gasteiger partial charge in [-0.25, -0.2) is 4.98 Å². The van der Waals surface area contributed by atoms with Gasteiger partial charge in [-0.15, -0.1) is 0 Å². The minimum absolute atomic E-state index is 0.123. The molecule has 0 radical (unpaired) electrons. The van der Waals surface area contributed by atoms with Gasteiger partial charge in [-0.05, 0) is 44.7 Å². The molecular formula is C22H31N5O2. The Morgan fingerprint density at radius 1 is 1.14 bits per heavy atom. The predicted octanol–water partition coefficient (Wildman–Crippen LogP) is 2.59. The molecule has 1 fully saturated rings. The lowest BCUT2D eigenvalue weighted by atomic mass is 10.0. The van der Waals surface area contributed by atoms with Crippen LogP contribution in [0.1, 0.15) is 51.5 Å². The summed E-state index contributed by atoms with van der Waals surface area (Å²) in [5, 5.41) is 4.08. The second kappa shape index (κ2) is 8.14. The number of amides is 1. The van der Waals surface area contributed by atoms with Crippen LogP contribution < -0.4 is 4.90 Å². The van der Waals surface area contributed by atoms with Crippen LogP contribution in [0.5, 0.6) is 0 Å². The van der Waals surface area contributed by atoms with Gasteiger partial charge >= 0.3 is 0 Å². The highest BCUT2D eigenvalue weighted by molar-refractivity contribution is 5.99. The van der Waals surface area contributed by atoms with Gasteiger partial charge in [0, 0.05) is 64.5 Å². The Kier molecular flexibility index (Phi) is 5.58. The highest BCUT2D eigenvalue weighted by Crippen LogP contribution is 2.26. The molecule has 4 rings (SSSR count). The van der Waals surface area contributed by atoms with Crippen molar-refractivity contribution >= 4 is 11.7 Å². The lowest BCUT2D eigenvalue weighted by Crippen LogP contribution is -2.30. The number of fused-ring (bicyclic) bond motifs is 1. The van der Waals surface area contributed by atoms with Gasteiger partial charge in [-0.1, -0.05) is 5.16 Å². The quantitative estimate of drug-likeness (QED) is 0.790. The molecule has 1 saturated heterocycles. The molecule has 0 atom stereocenters. The molecule has 0 unspecified atom stereocenters. The average molecular weight is 398 g/mol. The molecule has 2 aromatic rings. The van der Waals surface area contributed by atoms with Gasteiger partial charge in [-0.3, -0.25) is 9.69 Å². The molecule has 0 aliphatic carbocycles. The molecule has 1 amide bonds. The summed E-state index contributed by atoms with van der Waals surface area (Å²) in [7, 11) is 3.94. The number of rotatable bonds is 4. The van der Waals surface area contributed by atoms with E-state index >= 15 is 0 Å². The Labute approximate surface area is 172 Å². The summed E-state index contributed by atoms with van der Waals surface area (Å²) in [6, 6.07) is 2.11. The Balaban J connectivity index is 1.57. The Morgan fingerprint density at radius 3 is 2.52 bits per heavy atom. The zero-order valence-corrected chi connectivity index (χ0v) is 18.0. The van der Waals surface area contributed by atoms with Crippen molar-refractivity contribution in [3.63, 3.8) is 0 Å². The number of likely N-dealkylation sites (tertiary alicyclic amines) is 1. The van der Waals surface area contributed by atoms with Gasteiger partial charge < -0.3 is 14.3 Å². The van der Waals surface area contributed by atoms with Gasteiger partial charge in [-0.2, -0.15) is 0 Å². The zero-order valence-electron chi connectivity index (χ0n) is 18.0. The molecule has 0 saturated carbocycles. The zero-order chi connectivity index (χ0) is 20.5. The van der Waals surface area contributed by atoms with E-state index in [-0.39, 0.29) is 5.91 Å². The van der Waals surface area contributed by atoms with E-state index in [0.29, 0.717) is 0 Å². The third-order valence-corrected chi connectivity index (χ3v) is 6.14. The molecule has 156 valence electrons. The normalized spacial score (nSPS) is 17.3. The van der Waals surface area contributed by atoms with Crippen molar-refractivity contribution in [1.29, 1.82) is 0 Å². The molecule has 0 bridgehead atoms. The summed E-state index contributed by atoms with van der Waals surface area (Å²) in [6.45, 7) is 8.41. The van der Waals surface area contributed by atoms with Crippen molar-refractivity contribution in [3.8, 4) is 0 Å². The first kappa shape index (κ1) is 19.9. The van der Waals surface area contributed by atoms with Gasteiger partial charge in [0.25, 0.3) is 5.91 Å². The monoisotopic (exact) mass is 397 g/mol. The molecule has 4 heterocycles. The molecule has 7 nitrogen and oxygen atoms in total. The number of anilines is 1. The Hall–Kier alpha value is -2.41. The third-order valence-electron chi connectivity index (χ3n) is 6.14. The fourth-order valence-electron chi connectivity index (χ4n) is 4.37. The standard InChI is InChI=1S/C22H31N5O2/c1-15-19(16(2)29-24-15)14-26-11-7-17-13-18(22(28)27-9-5-6-10-27)21(25(3)4)23-20(17)8-12-26/h13H,5-12,14H2,1-4H3. The molecule has 2 aliphatic heterocycles. The average Bonchev–Trinajstić information content (AvgIpc) is 3.29. The van der Waals surface area contributed by atoms with Crippen LogP contribution in [0.25, 0.3) is 0 Å². The smallest absolute Gasteiger partial charge is 0.257 e. The summed E-state index contributed by atoms with van der Waals surface area (Å²) >= 11 is 0. The van der Waals surface area contributed by atoms with Crippen LogP contribution in [0.15, 0.2) is 10.6 Å². The highest BCUT2D eigenvalue weighted by Gasteiger charge is 2.26. The summed E-state index contributed by atoms with van der Waals surface area (Å²) in [4.78, 5) is 24.5. The predicted molar refractivity (Wildman–Crippen MR) is 112 cm³/mol. The Morgan fingerprint density at radius 2 is 1.86 bits per heavy atom. The second-order valence-electron chi connectivity index (χ2n) is 8.44. The van der Waals surface area contributed by atoms with Crippen molar-refractivity contribution in [2.75, 3.05) is 45.2 Å². The molecule has 7 heteroatoms. The lowest BCUT2D eigenvalue weighted by Gasteiger charge is -2.22. The minimum atomic E-state index is 0.123. The van der Waals surface area contributed by atoms with E-state index < -0.39 is 0 Å². The Bertz CT molecular complexity index is 879. The summed E-state index contributed by atoms with van der Waals surface area (Å²) in [6.07, 6.45) is 3.98. The molecule has 0 aromatic carbocycles. The fourth-order valence-corrected chi connectivity index (χ4v) is 4.37. The van der Waals surface area contributed by atoms with E-state index in [4.69, 9.17) is 9.51 Å². The maximum absolute atomic E-state index is 13.1. The number of aryl methyl sites for hydroxylation is 2. The van der Waals surface area contributed by atoms with E-state index in [1.807, 2.05) is 37.7 Å². The van der Waals surface area contributed by atoms with Crippen molar-refractivity contribution < 1.29 is 9.32 Å². The number of pyridine rings is 1. The van der Waals surface area contributed by atoms with E-state index in [1.54, 1.807) is 0 Å². The first-order valence-electron chi connectivity index (χ1n) is 10.6. The van der Waals surface area contributed by atoms with Crippen molar-refractivity contribution in [2.45, 2.75) is 46.1 Å². The second-order valence-corrected chi connectivity index (χ2v) is 8.44. The molecule has 29 heavy (non-hydrogen) atoms. The van der Waals surface area contributed by atoms with E-state index in [1.165, 1.54) is 11.1 Å². The van der Waals surface area contributed by atoms with Crippen molar-refractivity contribution in [1.82, 2.24) is 19.9 Å². The van der Waals surface area contributed by atoms with E-state index in [2.05, 4.69) is 16.1 Å². The first-order valence-corrected chi connectivity index (χ1v) is 10.6. The molecule has 2 aliphatic rings. The van der Waals surface area contributed by atoms with Crippen LogP contribution in [0.2, 0.25) is 0 Å². The number of hydrogen-bond acceptors (Lipinski definition) is 6. The largest absolute Gasteiger partial charge is 0.362 e. The van der Waals surface area contributed by atoms with Crippen LogP contribution in [0.4, 0.5) is 5.82 Å². The fraction of sp³-hybridized carbons (Fsp3) is 0.591. The first-order chi connectivity index (χ1) is 13.9. The minimum Gasteiger partial charge on any atom is -0.362 e. The molecular weight excluding hydrogens is 366 g/mol.